The summed E-state index contributed by atoms with van der Waals surface area (Å²) < 4.78 is 25.6. The van der Waals surface area contributed by atoms with Gasteiger partial charge in [-0.3, -0.25) is 10.1 Å². The number of nitrogens with zero attached hydrogens (tertiary/aromatic N) is 2. The molecule has 2 N–H and O–H groups in total. The Labute approximate surface area is 126 Å². The molecule has 1 aliphatic heterocycles. The molecular formula is C12H15N3O6S. The molecule has 0 bridgehead atoms. The standard InChI is InChI=1S/C12H15N3O6S/c1-13-22(20,21)8-4-5-9(11(7-8)15(18)19)14-6-2-3-10(14)12(16)17/h4-5,7,10,13H,2-3,6H2,1H3,(H,16,17). The Bertz CT molecular complexity index is 718. The summed E-state index contributed by atoms with van der Waals surface area (Å²) in [5.41, 5.74) is -0.311. The monoisotopic (exact) mass is 329 g/mol. The molecule has 1 aromatic carbocycles. The van der Waals surface area contributed by atoms with Gasteiger partial charge in [0.1, 0.15) is 11.7 Å². The lowest BCUT2D eigenvalue weighted by atomic mass is 10.2. The van der Waals surface area contributed by atoms with Crippen molar-refractivity contribution in [3.63, 3.8) is 0 Å². The number of nitrogens with one attached hydrogen (secondary N) is 1. The molecule has 2 rings (SSSR count). The number of benzene rings is 1. The first-order chi connectivity index (χ1) is 10.3. The summed E-state index contributed by atoms with van der Waals surface area (Å²) in [6.45, 7) is 0.371. The van der Waals surface area contributed by atoms with Crippen LogP contribution < -0.4 is 9.62 Å². The molecule has 0 spiro atoms. The number of carbonyl (C=O) groups is 1. The zero-order valence-corrected chi connectivity index (χ0v) is 12.5. The lowest BCUT2D eigenvalue weighted by Gasteiger charge is -2.23. The van der Waals surface area contributed by atoms with Gasteiger partial charge >= 0.3 is 5.97 Å². The first-order valence-corrected chi connectivity index (χ1v) is 7.97. The molecular weight excluding hydrogens is 314 g/mol. The van der Waals surface area contributed by atoms with Crippen LogP contribution in [0.1, 0.15) is 12.8 Å². The van der Waals surface area contributed by atoms with Gasteiger partial charge in [-0.2, -0.15) is 0 Å². The first-order valence-electron chi connectivity index (χ1n) is 6.49. The Balaban J connectivity index is 2.53. The van der Waals surface area contributed by atoms with Crippen molar-refractivity contribution in [2.75, 3.05) is 18.5 Å². The fourth-order valence-electron chi connectivity index (χ4n) is 2.49. The molecule has 0 radical (unpaired) electrons. The van der Waals surface area contributed by atoms with Crippen molar-refractivity contribution in [2.45, 2.75) is 23.8 Å². The topological polar surface area (TPSA) is 130 Å². The van der Waals surface area contributed by atoms with Crippen molar-refractivity contribution < 1.29 is 23.2 Å². The van der Waals surface area contributed by atoms with E-state index in [0.717, 1.165) is 6.07 Å². The molecule has 1 unspecified atom stereocenters. The third-order valence-electron chi connectivity index (χ3n) is 3.57. The summed E-state index contributed by atoms with van der Waals surface area (Å²) in [6, 6.07) is 2.61. The molecule has 0 aliphatic carbocycles. The maximum absolute atomic E-state index is 11.7. The van der Waals surface area contributed by atoms with Crippen LogP contribution in [0.2, 0.25) is 0 Å². The second-order valence-electron chi connectivity index (χ2n) is 4.80. The Kier molecular flexibility index (Phi) is 4.33. The number of hydrogen-bond acceptors (Lipinski definition) is 6. The number of nitro benzene ring substituents is 1. The highest BCUT2D eigenvalue weighted by Crippen LogP contribution is 2.35. The molecule has 1 heterocycles. The van der Waals surface area contributed by atoms with Crippen LogP contribution in [-0.2, 0) is 14.8 Å². The number of nitro groups is 1. The van der Waals surface area contributed by atoms with Gasteiger partial charge < -0.3 is 10.0 Å². The number of sulfonamides is 1. The summed E-state index contributed by atoms with van der Waals surface area (Å²) in [6.07, 6.45) is 0.994. The minimum atomic E-state index is -3.81. The zero-order valence-electron chi connectivity index (χ0n) is 11.7. The Morgan fingerprint density at radius 1 is 1.50 bits per heavy atom. The van der Waals surface area contributed by atoms with Gasteiger partial charge in [0.05, 0.1) is 9.82 Å². The molecule has 9 nitrogen and oxygen atoms in total. The first kappa shape index (κ1) is 16.2. The van der Waals surface area contributed by atoms with Crippen LogP contribution in [0.4, 0.5) is 11.4 Å². The normalized spacial score (nSPS) is 18.4. The van der Waals surface area contributed by atoms with E-state index in [1.54, 1.807) is 0 Å². The largest absolute Gasteiger partial charge is 0.480 e. The molecule has 0 amide bonds. The van der Waals surface area contributed by atoms with E-state index in [1.807, 2.05) is 0 Å². The maximum atomic E-state index is 11.7. The van der Waals surface area contributed by atoms with E-state index in [4.69, 9.17) is 0 Å². The van der Waals surface area contributed by atoms with Crippen molar-refractivity contribution in [1.29, 1.82) is 0 Å². The molecule has 120 valence electrons. The van der Waals surface area contributed by atoms with Crippen molar-refractivity contribution >= 4 is 27.4 Å². The van der Waals surface area contributed by atoms with E-state index in [1.165, 1.54) is 24.1 Å². The van der Waals surface area contributed by atoms with E-state index in [9.17, 15) is 28.4 Å². The predicted octanol–water partition coefficient (Wildman–Crippen LogP) is 0.556. The number of aliphatic carboxylic acids is 1. The SMILES string of the molecule is CNS(=O)(=O)c1ccc(N2CCCC2C(=O)O)c([N+](=O)[O-])c1. The number of anilines is 1. The molecule has 1 aliphatic rings. The van der Waals surface area contributed by atoms with E-state index < -0.39 is 32.6 Å². The van der Waals surface area contributed by atoms with Crippen molar-refractivity contribution in [3.8, 4) is 0 Å². The minimum Gasteiger partial charge on any atom is -0.480 e. The fraction of sp³-hybridized carbons (Fsp3) is 0.417. The van der Waals surface area contributed by atoms with Crippen molar-refractivity contribution in [2.24, 2.45) is 0 Å². The van der Waals surface area contributed by atoms with Crippen molar-refractivity contribution in [3.05, 3.63) is 28.3 Å². The number of rotatable bonds is 5. The predicted molar refractivity (Wildman–Crippen MR) is 77.3 cm³/mol. The van der Waals surface area contributed by atoms with Gasteiger partial charge in [0, 0.05) is 12.6 Å². The van der Waals surface area contributed by atoms with E-state index in [-0.39, 0.29) is 10.6 Å². The number of hydrogen-bond donors (Lipinski definition) is 2. The van der Waals surface area contributed by atoms with Gasteiger partial charge in [-0.25, -0.2) is 17.9 Å². The summed E-state index contributed by atoms with van der Waals surface area (Å²) in [4.78, 5) is 22.9. The second kappa shape index (κ2) is 5.89. The summed E-state index contributed by atoms with van der Waals surface area (Å²) in [5.74, 6) is -1.06. The highest BCUT2D eigenvalue weighted by Gasteiger charge is 2.34. The maximum Gasteiger partial charge on any atom is 0.326 e. The summed E-state index contributed by atoms with van der Waals surface area (Å²) in [5, 5.41) is 20.4. The molecule has 1 aromatic rings. The van der Waals surface area contributed by atoms with E-state index >= 15 is 0 Å². The average Bonchev–Trinajstić information content (AvgIpc) is 2.96. The van der Waals surface area contributed by atoms with E-state index in [2.05, 4.69) is 4.72 Å². The van der Waals surface area contributed by atoms with Gasteiger partial charge in [-0.1, -0.05) is 0 Å². The van der Waals surface area contributed by atoms with Crippen LogP contribution in [0.25, 0.3) is 0 Å². The molecule has 1 saturated heterocycles. The second-order valence-corrected chi connectivity index (χ2v) is 6.69. The van der Waals surface area contributed by atoms with Crippen LogP contribution in [0.3, 0.4) is 0 Å². The van der Waals surface area contributed by atoms with Crippen LogP contribution in [0, 0.1) is 10.1 Å². The van der Waals surface area contributed by atoms with Crippen LogP contribution in [0.5, 0.6) is 0 Å². The van der Waals surface area contributed by atoms with Crippen molar-refractivity contribution in [1.82, 2.24) is 4.72 Å². The summed E-state index contributed by atoms with van der Waals surface area (Å²) >= 11 is 0. The molecule has 22 heavy (non-hydrogen) atoms. The van der Waals surface area contributed by atoms with Gasteiger partial charge in [0.15, 0.2) is 0 Å². The minimum absolute atomic E-state index is 0.116. The fourth-order valence-corrected chi connectivity index (χ4v) is 3.24. The summed E-state index contributed by atoms with van der Waals surface area (Å²) in [7, 11) is -2.61. The average molecular weight is 329 g/mol. The number of carboxylic acids is 1. The van der Waals surface area contributed by atoms with Gasteiger partial charge in [-0.15, -0.1) is 0 Å². The quantitative estimate of drug-likeness (QED) is 0.596. The van der Waals surface area contributed by atoms with Crippen LogP contribution in [0.15, 0.2) is 23.1 Å². The lowest BCUT2D eigenvalue weighted by Crippen LogP contribution is -2.36. The molecule has 1 fully saturated rings. The van der Waals surface area contributed by atoms with Crippen LogP contribution in [-0.4, -0.2) is 44.1 Å². The third kappa shape index (κ3) is 2.88. The third-order valence-corrected chi connectivity index (χ3v) is 4.98. The lowest BCUT2D eigenvalue weighted by molar-refractivity contribution is -0.384. The Hall–Kier alpha value is -2.20. The van der Waals surface area contributed by atoms with Crippen LogP contribution >= 0.6 is 0 Å². The zero-order chi connectivity index (χ0) is 16.5. The highest BCUT2D eigenvalue weighted by molar-refractivity contribution is 7.89. The Morgan fingerprint density at radius 3 is 2.73 bits per heavy atom. The van der Waals surface area contributed by atoms with Gasteiger partial charge in [0.25, 0.3) is 5.69 Å². The highest BCUT2D eigenvalue weighted by atomic mass is 32.2. The van der Waals surface area contributed by atoms with Gasteiger partial charge in [-0.05, 0) is 32.0 Å². The number of carboxylic acid groups (broad SMARTS) is 1. The molecule has 0 saturated carbocycles. The molecule has 1 atom stereocenters. The molecule has 0 aromatic heterocycles. The smallest absolute Gasteiger partial charge is 0.326 e. The van der Waals surface area contributed by atoms with E-state index in [0.29, 0.717) is 19.4 Å². The Morgan fingerprint density at radius 2 is 2.18 bits per heavy atom. The van der Waals surface area contributed by atoms with Gasteiger partial charge in [0.2, 0.25) is 10.0 Å². The molecule has 10 heteroatoms.